The van der Waals surface area contributed by atoms with Crippen LogP contribution in [-0.2, 0) is 23.2 Å². The van der Waals surface area contributed by atoms with Crippen molar-refractivity contribution in [1.29, 1.82) is 0 Å². The molecule has 0 amide bonds. The lowest BCUT2D eigenvalue weighted by atomic mass is 9.81. The molecule has 2 N–H and O–H groups in total. The van der Waals surface area contributed by atoms with Crippen LogP contribution in [0.25, 0.3) is 0 Å². The number of carboxylic acids is 1. The summed E-state index contributed by atoms with van der Waals surface area (Å²) in [5, 5.41) is 13.0. The van der Waals surface area contributed by atoms with E-state index in [1.54, 1.807) is 11.8 Å². The first-order chi connectivity index (χ1) is 18.6. The maximum atomic E-state index is 14.3. The van der Waals surface area contributed by atoms with Gasteiger partial charge in [-0.05, 0) is 49.6 Å². The van der Waals surface area contributed by atoms with Gasteiger partial charge >= 0.3 is 5.97 Å². The van der Waals surface area contributed by atoms with Gasteiger partial charge in [0.15, 0.2) is 17.5 Å². The Hall–Kier alpha value is -3.50. The van der Waals surface area contributed by atoms with Gasteiger partial charge in [-0.15, -0.1) is 0 Å². The zero-order chi connectivity index (χ0) is 27.5. The topological polar surface area (TPSA) is 90.8 Å². The van der Waals surface area contributed by atoms with Crippen LogP contribution in [0.4, 0.5) is 31.9 Å². The number of rotatable bonds is 7. The summed E-state index contributed by atoms with van der Waals surface area (Å²) in [5.74, 6) is -1.73. The number of anilines is 4. The third-order valence-electron chi connectivity index (χ3n) is 7.57. The average Bonchev–Trinajstić information content (AvgIpc) is 3.64. The molecule has 3 heterocycles. The molecule has 0 radical (unpaired) electrons. The molecule has 2 aromatic carbocycles. The molecule has 0 spiro atoms. The van der Waals surface area contributed by atoms with E-state index in [9.17, 15) is 18.7 Å². The number of benzene rings is 2. The van der Waals surface area contributed by atoms with E-state index in [-0.39, 0.29) is 35.9 Å². The smallest absolute Gasteiger partial charge is 0.304 e. The van der Waals surface area contributed by atoms with Crippen molar-refractivity contribution in [3.63, 3.8) is 0 Å². The van der Waals surface area contributed by atoms with Crippen LogP contribution in [-0.4, -0.2) is 52.2 Å². The summed E-state index contributed by atoms with van der Waals surface area (Å²) in [5.41, 5.74) is 2.88. The second-order valence-corrected chi connectivity index (χ2v) is 11.3. The summed E-state index contributed by atoms with van der Waals surface area (Å²) >= 11 is 6.51. The van der Waals surface area contributed by atoms with Crippen LogP contribution in [0.15, 0.2) is 30.5 Å². The van der Waals surface area contributed by atoms with Gasteiger partial charge in [0, 0.05) is 54.1 Å². The van der Waals surface area contributed by atoms with Gasteiger partial charge in [0.2, 0.25) is 5.95 Å². The molecule has 8 nitrogen and oxygen atoms in total. The van der Waals surface area contributed by atoms with Crippen molar-refractivity contribution < 1.29 is 23.4 Å². The molecule has 6 rings (SSSR count). The summed E-state index contributed by atoms with van der Waals surface area (Å²) in [4.78, 5) is 24.5. The Morgan fingerprint density at radius 3 is 2.77 bits per heavy atom. The molecule has 1 fully saturated rings. The Labute approximate surface area is 229 Å². The van der Waals surface area contributed by atoms with Crippen molar-refractivity contribution in [2.24, 2.45) is 0 Å². The van der Waals surface area contributed by atoms with Crippen LogP contribution in [0.3, 0.4) is 0 Å². The third-order valence-corrected chi connectivity index (χ3v) is 7.84. The van der Waals surface area contributed by atoms with E-state index >= 15 is 0 Å². The summed E-state index contributed by atoms with van der Waals surface area (Å²) in [7, 11) is 2.08. The van der Waals surface area contributed by atoms with E-state index in [0.29, 0.717) is 11.3 Å². The van der Waals surface area contributed by atoms with Gasteiger partial charge in [-0.3, -0.25) is 4.79 Å². The van der Waals surface area contributed by atoms with E-state index < -0.39 is 23.0 Å². The lowest BCUT2D eigenvalue weighted by Crippen LogP contribution is -2.31. The molecule has 11 heteroatoms. The Kier molecular flexibility index (Phi) is 6.34. The zero-order valence-electron chi connectivity index (χ0n) is 21.6. The number of fused-ring (bicyclic) bond motifs is 2. The minimum Gasteiger partial charge on any atom is -0.490 e. The van der Waals surface area contributed by atoms with Crippen LogP contribution in [0, 0.1) is 11.6 Å². The maximum absolute atomic E-state index is 14.3. The van der Waals surface area contributed by atoms with Crippen LogP contribution >= 0.6 is 11.6 Å². The number of nitrogens with one attached hydrogen (secondary N) is 1. The van der Waals surface area contributed by atoms with Crippen LogP contribution in [0.2, 0.25) is 5.02 Å². The first-order valence-electron chi connectivity index (χ1n) is 12.9. The predicted octanol–water partition coefficient (Wildman–Crippen LogP) is 5.57. The number of nitrogens with zero attached hydrogens (tertiary/aromatic N) is 4. The Morgan fingerprint density at radius 1 is 1.26 bits per heavy atom. The second-order valence-electron chi connectivity index (χ2n) is 10.9. The molecule has 1 saturated carbocycles. The van der Waals surface area contributed by atoms with Gasteiger partial charge in [0.05, 0.1) is 18.7 Å². The molecule has 2 aliphatic heterocycles. The highest BCUT2D eigenvalue weighted by molar-refractivity contribution is 6.33. The monoisotopic (exact) mass is 555 g/mol. The molecule has 3 aliphatic rings. The number of hydrogen-bond donors (Lipinski definition) is 2. The Balaban J connectivity index is 1.36. The van der Waals surface area contributed by atoms with Crippen molar-refractivity contribution in [2.75, 3.05) is 30.4 Å². The fourth-order valence-electron chi connectivity index (χ4n) is 5.52. The number of halogens is 3. The van der Waals surface area contributed by atoms with Crippen molar-refractivity contribution in [3.8, 4) is 5.75 Å². The molecule has 1 aromatic heterocycles. The fraction of sp³-hybridized carbons (Fsp3) is 0.393. The molecular weight excluding hydrogens is 528 g/mol. The molecule has 39 heavy (non-hydrogen) atoms. The first kappa shape index (κ1) is 25.8. The van der Waals surface area contributed by atoms with Gasteiger partial charge in [0.25, 0.3) is 0 Å². The molecule has 1 atom stereocenters. The van der Waals surface area contributed by atoms with Crippen LogP contribution in [0.5, 0.6) is 5.75 Å². The number of carbonyl (C=O) groups is 1. The molecule has 204 valence electrons. The third kappa shape index (κ3) is 4.98. The molecule has 3 aromatic rings. The highest BCUT2D eigenvalue weighted by Crippen LogP contribution is 2.48. The highest BCUT2D eigenvalue weighted by Gasteiger charge is 2.43. The van der Waals surface area contributed by atoms with Gasteiger partial charge < -0.3 is 25.0 Å². The molecule has 1 aliphatic carbocycles. The van der Waals surface area contributed by atoms with Crippen molar-refractivity contribution in [2.45, 2.75) is 50.7 Å². The SMILES string of the molecule is CN1CCc2c(cc(Nc3ncc(Cl)c(N4CC(C)(CC(=O)O)c5cc(F)c(F)cc54)n3)cc2OC2CC2)C1. The van der Waals surface area contributed by atoms with Crippen molar-refractivity contribution >= 4 is 40.7 Å². The molecule has 1 unspecified atom stereocenters. The maximum Gasteiger partial charge on any atom is 0.304 e. The molecule has 0 bridgehead atoms. The largest absolute Gasteiger partial charge is 0.490 e. The minimum atomic E-state index is -1.05. The van der Waals surface area contributed by atoms with Gasteiger partial charge in [-0.1, -0.05) is 18.5 Å². The zero-order valence-corrected chi connectivity index (χ0v) is 22.4. The Morgan fingerprint density at radius 2 is 2.03 bits per heavy atom. The van der Waals surface area contributed by atoms with E-state index in [4.69, 9.17) is 16.3 Å². The average molecular weight is 556 g/mol. The number of likely N-dealkylation sites (N-methyl/N-ethyl adjacent to an activating group) is 1. The van der Waals surface area contributed by atoms with Gasteiger partial charge in [-0.25, -0.2) is 13.8 Å². The number of hydrogen-bond acceptors (Lipinski definition) is 7. The summed E-state index contributed by atoms with van der Waals surface area (Å²) < 4.78 is 34.8. The van der Waals surface area contributed by atoms with E-state index in [0.717, 1.165) is 55.9 Å². The molecular formula is C28H28ClF2N5O3. The van der Waals surface area contributed by atoms with E-state index in [1.807, 2.05) is 6.07 Å². The van der Waals surface area contributed by atoms with Gasteiger partial charge in [-0.2, -0.15) is 4.98 Å². The lowest BCUT2D eigenvalue weighted by Gasteiger charge is -2.27. The fourth-order valence-corrected chi connectivity index (χ4v) is 5.71. The predicted molar refractivity (Wildman–Crippen MR) is 143 cm³/mol. The number of ether oxygens (including phenoxy) is 1. The van der Waals surface area contributed by atoms with Crippen molar-refractivity contribution in [1.82, 2.24) is 14.9 Å². The normalized spacial score (nSPS) is 20.5. The van der Waals surface area contributed by atoms with E-state index in [2.05, 4.69) is 33.3 Å². The van der Waals surface area contributed by atoms with Crippen LogP contribution < -0.4 is 15.0 Å². The van der Waals surface area contributed by atoms with E-state index in [1.165, 1.54) is 17.3 Å². The highest BCUT2D eigenvalue weighted by atomic mass is 35.5. The quantitative estimate of drug-likeness (QED) is 0.391. The number of aromatic nitrogens is 2. The minimum absolute atomic E-state index is 0.123. The Bertz CT molecular complexity index is 1480. The molecule has 0 saturated heterocycles. The lowest BCUT2D eigenvalue weighted by molar-refractivity contribution is -0.138. The second kappa shape index (κ2) is 9.60. The standard InChI is InChI=1S/C28H28ClF2N5O3/c1-28(11-25(37)38)14-36(23-10-22(31)21(30)9-19(23)28)26-20(29)12-32-27(34-26)33-16-7-15-13-35(2)6-5-18(15)24(8-16)39-17-3-4-17/h7-10,12,17H,3-6,11,13-14H2,1-2H3,(H,37,38)(H,32,33,34). The van der Waals surface area contributed by atoms with Crippen molar-refractivity contribution in [3.05, 3.63) is 63.8 Å². The number of carboxylic acid groups (broad SMARTS) is 1. The number of aliphatic carboxylic acids is 1. The van der Waals surface area contributed by atoms with Crippen LogP contribution in [0.1, 0.15) is 42.9 Å². The first-order valence-corrected chi connectivity index (χ1v) is 13.3. The summed E-state index contributed by atoms with van der Waals surface area (Å²) in [6.07, 6.45) is 4.44. The summed E-state index contributed by atoms with van der Waals surface area (Å²) in [6.45, 7) is 3.59. The van der Waals surface area contributed by atoms with Gasteiger partial charge in [0.1, 0.15) is 10.8 Å². The summed E-state index contributed by atoms with van der Waals surface area (Å²) in [6, 6.07) is 6.15.